The van der Waals surface area contributed by atoms with Gasteiger partial charge in [-0.25, -0.2) is 0 Å². The molecule has 0 heterocycles. The second kappa shape index (κ2) is 7.26. The molecule has 106 valence electrons. The SMILES string of the molecule is CC(C)NC(=O)C(C)N(C)Cc1cccc(CN)c1. The van der Waals surface area contributed by atoms with Crippen LogP contribution >= 0.6 is 0 Å². The number of carbonyl (C=O) groups excluding carboxylic acids is 1. The van der Waals surface area contributed by atoms with Crippen molar-refractivity contribution >= 4 is 5.91 Å². The average Bonchev–Trinajstić information content (AvgIpc) is 2.37. The number of benzene rings is 1. The Morgan fingerprint density at radius 1 is 1.32 bits per heavy atom. The molecule has 0 aliphatic rings. The van der Waals surface area contributed by atoms with Crippen molar-refractivity contribution in [1.82, 2.24) is 10.2 Å². The molecule has 0 aliphatic heterocycles. The van der Waals surface area contributed by atoms with Crippen molar-refractivity contribution in [2.24, 2.45) is 5.73 Å². The molecule has 0 fully saturated rings. The first-order valence-electron chi connectivity index (χ1n) is 6.72. The lowest BCUT2D eigenvalue weighted by Crippen LogP contribution is -2.45. The summed E-state index contributed by atoms with van der Waals surface area (Å²) in [6, 6.07) is 8.18. The normalized spacial score (nSPS) is 12.8. The molecule has 0 bridgehead atoms. The van der Waals surface area contributed by atoms with Crippen molar-refractivity contribution < 1.29 is 4.79 Å². The minimum Gasteiger partial charge on any atom is -0.353 e. The molecule has 1 rings (SSSR count). The van der Waals surface area contributed by atoms with Crippen LogP contribution < -0.4 is 11.1 Å². The lowest BCUT2D eigenvalue weighted by molar-refractivity contribution is -0.126. The van der Waals surface area contributed by atoms with Crippen LogP contribution in [0.4, 0.5) is 0 Å². The van der Waals surface area contributed by atoms with E-state index >= 15 is 0 Å². The Kier molecular flexibility index (Phi) is 5.99. The first-order valence-corrected chi connectivity index (χ1v) is 6.72. The summed E-state index contributed by atoms with van der Waals surface area (Å²) in [6.07, 6.45) is 0. The molecule has 0 aromatic heterocycles. The maximum atomic E-state index is 11.9. The summed E-state index contributed by atoms with van der Waals surface area (Å²) in [4.78, 5) is 14.0. The summed E-state index contributed by atoms with van der Waals surface area (Å²) in [7, 11) is 1.96. The van der Waals surface area contributed by atoms with Gasteiger partial charge in [-0.2, -0.15) is 0 Å². The molecular formula is C15H25N3O. The van der Waals surface area contributed by atoms with Crippen molar-refractivity contribution in [1.29, 1.82) is 0 Å². The van der Waals surface area contributed by atoms with Gasteiger partial charge in [0.25, 0.3) is 0 Å². The molecule has 1 amide bonds. The first-order chi connectivity index (χ1) is 8.93. The van der Waals surface area contributed by atoms with Gasteiger partial charge >= 0.3 is 0 Å². The molecule has 19 heavy (non-hydrogen) atoms. The highest BCUT2D eigenvalue weighted by atomic mass is 16.2. The Labute approximate surface area is 116 Å². The van der Waals surface area contributed by atoms with E-state index in [0.717, 1.165) is 12.1 Å². The molecule has 4 heteroatoms. The molecule has 1 atom stereocenters. The number of carbonyl (C=O) groups is 1. The van der Waals surface area contributed by atoms with Crippen LogP contribution in [0.5, 0.6) is 0 Å². The number of nitrogens with one attached hydrogen (secondary N) is 1. The number of hydrogen-bond acceptors (Lipinski definition) is 3. The van der Waals surface area contributed by atoms with Gasteiger partial charge in [0.2, 0.25) is 5.91 Å². The largest absolute Gasteiger partial charge is 0.353 e. The molecule has 0 spiro atoms. The molecule has 0 saturated heterocycles. The third kappa shape index (κ3) is 5.01. The quantitative estimate of drug-likeness (QED) is 0.817. The van der Waals surface area contributed by atoms with Crippen molar-refractivity contribution in [3.05, 3.63) is 35.4 Å². The lowest BCUT2D eigenvalue weighted by Gasteiger charge is -2.25. The standard InChI is InChI=1S/C15H25N3O/c1-11(2)17-15(19)12(3)18(4)10-14-7-5-6-13(8-14)9-16/h5-8,11-12H,9-10,16H2,1-4H3,(H,17,19). The van der Waals surface area contributed by atoms with Crippen LogP contribution in [0, 0.1) is 0 Å². The average molecular weight is 263 g/mol. The zero-order valence-electron chi connectivity index (χ0n) is 12.3. The summed E-state index contributed by atoms with van der Waals surface area (Å²) >= 11 is 0. The van der Waals surface area contributed by atoms with Crippen molar-refractivity contribution in [2.75, 3.05) is 7.05 Å². The van der Waals surface area contributed by atoms with Crippen LogP contribution in [0.2, 0.25) is 0 Å². The fourth-order valence-corrected chi connectivity index (χ4v) is 1.89. The van der Waals surface area contributed by atoms with E-state index in [9.17, 15) is 4.79 Å². The topological polar surface area (TPSA) is 58.4 Å². The van der Waals surface area contributed by atoms with Gasteiger partial charge in [-0.05, 0) is 38.9 Å². The molecule has 4 nitrogen and oxygen atoms in total. The summed E-state index contributed by atoms with van der Waals surface area (Å²) < 4.78 is 0. The maximum Gasteiger partial charge on any atom is 0.237 e. The monoisotopic (exact) mass is 263 g/mol. The number of hydrogen-bond donors (Lipinski definition) is 2. The molecular weight excluding hydrogens is 238 g/mol. The van der Waals surface area contributed by atoms with Gasteiger partial charge in [0, 0.05) is 19.1 Å². The minimum atomic E-state index is -0.149. The van der Waals surface area contributed by atoms with Crippen LogP contribution in [-0.2, 0) is 17.9 Å². The highest BCUT2D eigenvalue weighted by Gasteiger charge is 2.18. The molecule has 1 unspecified atom stereocenters. The molecule has 3 N–H and O–H groups in total. The highest BCUT2D eigenvalue weighted by Crippen LogP contribution is 2.09. The number of nitrogens with two attached hydrogens (primary N) is 1. The first kappa shape index (κ1) is 15.7. The molecule has 1 aromatic rings. The number of rotatable bonds is 6. The van der Waals surface area contributed by atoms with E-state index in [0.29, 0.717) is 6.54 Å². The fraction of sp³-hybridized carbons (Fsp3) is 0.533. The Morgan fingerprint density at radius 2 is 1.95 bits per heavy atom. The van der Waals surface area contributed by atoms with Gasteiger partial charge in [-0.3, -0.25) is 9.69 Å². The van der Waals surface area contributed by atoms with Gasteiger partial charge in [-0.1, -0.05) is 24.3 Å². The van der Waals surface area contributed by atoms with Gasteiger partial charge in [0.05, 0.1) is 6.04 Å². The predicted molar refractivity (Wildman–Crippen MR) is 78.5 cm³/mol. The number of amides is 1. The zero-order chi connectivity index (χ0) is 14.4. The van der Waals surface area contributed by atoms with Crippen LogP contribution in [0.15, 0.2) is 24.3 Å². The van der Waals surface area contributed by atoms with E-state index in [1.807, 2.05) is 44.9 Å². The number of likely N-dealkylation sites (N-methyl/N-ethyl adjacent to an activating group) is 1. The highest BCUT2D eigenvalue weighted by molar-refractivity contribution is 5.81. The molecule has 0 aliphatic carbocycles. The van der Waals surface area contributed by atoms with Crippen molar-refractivity contribution in [3.8, 4) is 0 Å². The third-order valence-electron chi connectivity index (χ3n) is 3.13. The zero-order valence-corrected chi connectivity index (χ0v) is 12.3. The van der Waals surface area contributed by atoms with Gasteiger partial charge in [0.1, 0.15) is 0 Å². The van der Waals surface area contributed by atoms with E-state index in [-0.39, 0.29) is 18.0 Å². The third-order valence-corrected chi connectivity index (χ3v) is 3.13. The summed E-state index contributed by atoms with van der Waals surface area (Å²) in [6.45, 7) is 7.14. The second-order valence-corrected chi connectivity index (χ2v) is 5.28. The molecule has 1 aromatic carbocycles. The molecule has 0 radical (unpaired) electrons. The summed E-state index contributed by atoms with van der Waals surface area (Å²) in [5, 5.41) is 2.93. The summed E-state index contributed by atoms with van der Waals surface area (Å²) in [5.74, 6) is 0.0625. The van der Waals surface area contributed by atoms with E-state index in [1.165, 1.54) is 5.56 Å². The van der Waals surface area contributed by atoms with Crippen LogP contribution in [0.1, 0.15) is 31.9 Å². The Hall–Kier alpha value is -1.39. The van der Waals surface area contributed by atoms with Crippen molar-refractivity contribution in [3.63, 3.8) is 0 Å². The van der Waals surface area contributed by atoms with Gasteiger partial charge in [-0.15, -0.1) is 0 Å². The Morgan fingerprint density at radius 3 is 2.53 bits per heavy atom. The number of nitrogens with zero attached hydrogens (tertiary/aromatic N) is 1. The van der Waals surface area contributed by atoms with E-state index in [2.05, 4.69) is 17.4 Å². The van der Waals surface area contributed by atoms with Gasteiger partial charge in [0.15, 0.2) is 0 Å². The smallest absolute Gasteiger partial charge is 0.237 e. The minimum absolute atomic E-state index is 0.0625. The maximum absolute atomic E-state index is 11.9. The van der Waals surface area contributed by atoms with Crippen molar-refractivity contribution in [2.45, 2.75) is 45.9 Å². The van der Waals surface area contributed by atoms with Crippen LogP contribution in [0.25, 0.3) is 0 Å². The van der Waals surface area contributed by atoms with Crippen LogP contribution in [0.3, 0.4) is 0 Å². The van der Waals surface area contributed by atoms with E-state index in [1.54, 1.807) is 0 Å². The van der Waals surface area contributed by atoms with Gasteiger partial charge < -0.3 is 11.1 Å². The predicted octanol–water partition coefficient (Wildman–Crippen LogP) is 1.49. The molecule has 0 saturated carbocycles. The van der Waals surface area contributed by atoms with Crippen LogP contribution in [-0.4, -0.2) is 29.9 Å². The second-order valence-electron chi connectivity index (χ2n) is 5.28. The Bertz CT molecular complexity index is 418. The Balaban J connectivity index is 2.62. The lowest BCUT2D eigenvalue weighted by atomic mass is 10.1. The fourth-order valence-electron chi connectivity index (χ4n) is 1.89. The van der Waals surface area contributed by atoms with E-state index in [4.69, 9.17) is 5.73 Å². The summed E-state index contributed by atoms with van der Waals surface area (Å²) in [5.41, 5.74) is 7.93. The van der Waals surface area contributed by atoms with E-state index < -0.39 is 0 Å².